The van der Waals surface area contributed by atoms with Gasteiger partial charge in [-0.15, -0.1) is 0 Å². The summed E-state index contributed by atoms with van der Waals surface area (Å²) in [6.45, 7) is 3.96. The molecule has 2 aliphatic heterocycles. The van der Waals surface area contributed by atoms with E-state index in [1.807, 2.05) is 13.8 Å². The Hall–Kier alpha value is -3.29. The van der Waals surface area contributed by atoms with Gasteiger partial charge in [0.2, 0.25) is 5.91 Å². The molecule has 1 amide bonds. The Kier molecular flexibility index (Phi) is 5.50. The lowest BCUT2D eigenvalue weighted by Crippen LogP contribution is -2.55. The first-order chi connectivity index (χ1) is 17.0. The summed E-state index contributed by atoms with van der Waals surface area (Å²) in [5, 5.41) is 0.716. The number of carbonyl (C=O) groups excluding carboxylic acids is 3. The summed E-state index contributed by atoms with van der Waals surface area (Å²) < 4.78 is 5.17. The summed E-state index contributed by atoms with van der Waals surface area (Å²) >= 11 is 12.9. The fourth-order valence-corrected chi connectivity index (χ4v) is 6.18. The van der Waals surface area contributed by atoms with Crippen molar-refractivity contribution in [1.82, 2.24) is 0 Å². The lowest BCUT2D eigenvalue weighted by atomic mass is 9.60. The fraction of sp³-hybridized carbons (Fsp3) is 0.296. The number of Topliss-reactive ketones (excluding diaryl/α,β-unsaturated/α-hetero) is 1. The summed E-state index contributed by atoms with van der Waals surface area (Å²) in [6.07, 6.45) is 0.602. The Morgan fingerprint density at radius 3 is 2.44 bits per heavy atom. The number of allylic oxidation sites excluding steroid dienone is 1. The van der Waals surface area contributed by atoms with Crippen LogP contribution < -0.4 is 15.5 Å². The molecule has 7 nitrogen and oxygen atoms in total. The van der Waals surface area contributed by atoms with Gasteiger partial charge in [-0.25, -0.2) is 4.79 Å². The molecule has 1 aliphatic carbocycles. The number of anilines is 2. The third-order valence-electron chi connectivity index (χ3n) is 7.20. The van der Waals surface area contributed by atoms with Gasteiger partial charge in [0.05, 0.1) is 17.8 Å². The van der Waals surface area contributed by atoms with E-state index in [1.165, 1.54) is 12.0 Å². The van der Waals surface area contributed by atoms with Crippen LogP contribution in [0.3, 0.4) is 0 Å². The Balaban J connectivity index is 1.97. The number of carbonyl (C=O) groups is 3. The van der Waals surface area contributed by atoms with Crippen molar-refractivity contribution in [3.05, 3.63) is 80.7 Å². The average Bonchev–Trinajstić information content (AvgIpc) is 3.03. The number of likely N-dealkylation sites (N-methyl/N-ethyl adjacent to an activating group) is 1. The molecule has 186 valence electrons. The van der Waals surface area contributed by atoms with Crippen LogP contribution in [0.4, 0.5) is 11.4 Å². The van der Waals surface area contributed by atoms with Gasteiger partial charge in [0, 0.05) is 41.0 Å². The number of ether oxygens (including phenoxy) is 1. The van der Waals surface area contributed by atoms with E-state index in [0.29, 0.717) is 39.1 Å². The van der Waals surface area contributed by atoms with E-state index in [2.05, 4.69) is 0 Å². The number of amides is 1. The zero-order valence-electron chi connectivity index (χ0n) is 20.3. The molecule has 1 unspecified atom stereocenters. The summed E-state index contributed by atoms with van der Waals surface area (Å²) in [5.41, 5.74) is 6.75. The van der Waals surface area contributed by atoms with Gasteiger partial charge in [-0.3, -0.25) is 14.5 Å². The number of nitrogens with zero attached hydrogens (tertiary/aromatic N) is 2. The first-order valence-electron chi connectivity index (χ1n) is 11.4. The lowest BCUT2D eigenvalue weighted by Gasteiger charge is -2.47. The highest BCUT2D eigenvalue weighted by Crippen LogP contribution is 2.58. The minimum absolute atomic E-state index is 0.0336. The lowest BCUT2D eigenvalue weighted by molar-refractivity contribution is -0.138. The number of hydrogen-bond acceptors (Lipinski definition) is 6. The van der Waals surface area contributed by atoms with E-state index in [4.69, 9.17) is 33.7 Å². The quantitative estimate of drug-likeness (QED) is 0.570. The Labute approximate surface area is 219 Å². The van der Waals surface area contributed by atoms with Gasteiger partial charge in [-0.05, 0) is 36.1 Å². The molecular weight excluding hydrogens is 501 g/mol. The van der Waals surface area contributed by atoms with Crippen LogP contribution in [-0.2, 0) is 24.5 Å². The van der Waals surface area contributed by atoms with E-state index in [9.17, 15) is 14.4 Å². The molecule has 1 spiro atoms. The van der Waals surface area contributed by atoms with Crippen molar-refractivity contribution in [2.45, 2.75) is 32.1 Å². The summed E-state index contributed by atoms with van der Waals surface area (Å²) in [5.74, 6) is -1.52. The van der Waals surface area contributed by atoms with Gasteiger partial charge < -0.3 is 15.4 Å². The van der Waals surface area contributed by atoms with Crippen molar-refractivity contribution in [2.24, 2.45) is 11.1 Å². The molecule has 0 radical (unpaired) electrons. The minimum atomic E-state index is -1.74. The molecule has 0 aromatic heterocycles. The number of benzene rings is 2. The fourth-order valence-electron chi connectivity index (χ4n) is 5.81. The molecule has 2 aromatic rings. The Morgan fingerprint density at radius 2 is 1.75 bits per heavy atom. The number of nitrogens with two attached hydrogens (primary N) is 1. The van der Waals surface area contributed by atoms with Crippen molar-refractivity contribution < 1.29 is 19.1 Å². The van der Waals surface area contributed by atoms with Crippen molar-refractivity contribution in [3.8, 4) is 0 Å². The first kappa shape index (κ1) is 24.4. The number of ketones is 1. The predicted molar refractivity (Wildman–Crippen MR) is 139 cm³/mol. The van der Waals surface area contributed by atoms with Crippen LogP contribution in [0.15, 0.2) is 65.1 Å². The van der Waals surface area contributed by atoms with Crippen LogP contribution in [-0.4, -0.2) is 31.8 Å². The molecule has 2 N–H and O–H groups in total. The number of methoxy groups -OCH3 is 1. The molecule has 0 saturated carbocycles. The highest BCUT2D eigenvalue weighted by molar-refractivity contribution is 6.35. The summed E-state index contributed by atoms with van der Waals surface area (Å²) in [4.78, 5) is 44.8. The average molecular weight is 526 g/mol. The topological polar surface area (TPSA) is 92.9 Å². The van der Waals surface area contributed by atoms with Gasteiger partial charge in [0.1, 0.15) is 16.8 Å². The molecular formula is C27H25Cl2N3O4. The summed E-state index contributed by atoms with van der Waals surface area (Å²) in [6, 6.07) is 12.0. The summed E-state index contributed by atoms with van der Waals surface area (Å²) in [7, 11) is 2.84. The van der Waals surface area contributed by atoms with Crippen molar-refractivity contribution in [2.75, 3.05) is 24.0 Å². The molecule has 3 aliphatic rings. The number of rotatable bonds is 2. The zero-order chi connectivity index (χ0) is 26.2. The van der Waals surface area contributed by atoms with Crippen LogP contribution in [0.5, 0.6) is 0 Å². The maximum atomic E-state index is 14.2. The van der Waals surface area contributed by atoms with E-state index in [0.717, 1.165) is 0 Å². The second-order valence-electron chi connectivity index (χ2n) is 10.1. The van der Waals surface area contributed by atoms with E-state index < -0.39 is 22.7 Å². The molecule has 9 heteroatoms. The number of hydrogen-bond donors (Lipinski definition) is 1. The number of fused-ring (bicyclic) bond motifs is 3. The molecule has 2 heterocycles. The number of esters is 1. The van der Waals surface area contributed by atoms with Crippen LogP contribution in [0.1, 0.15) is 32.3 Å². The largest absolute Gasteiger partial charge is 0.466 e. The maximum absolute atomic E-state index is 14.2. The van der Waals surface area contributed by atoms with Gasteiger partial charge in [-0.2, -0.15) is 0 Å². The molecule has 36 heavy (non-hydrogen) atoms. The van der Waals surface area contributed by atoms with Gasteiger partial charge in [-0.1, -0.05) is 55.2 Å². The Bertz CT molecular complexity index is 1430. The van der Waals surface area contributed by atoms with Crippen molar-refractivity contribution >= 4 is 52.2 Å². The SMILES string of the molecule is COC(=O)C1=C(N)N(c2cc(Cl)ccc2Cl)C2=C(C(=O)CC(C)(C)C2)C12C(=O)N(C)c1ccccc12. The van der Waals surface area contributed by atoms with Crippen molar-refractivity contribution in [3.63, 3.8) is 0 Å². The molecule has 0 saturated heterocycles. The third-order valence-corrected chi connectivity index (χ3v) is 7.76. The number of halogens is 2. The Morgan fingerprint density at radius 1 is 1.06 bits per heavy atom. The van der Waals surface area contributed by atoms with Gasteiger partial charge in [0.25, 0.3) is 0 Å². The van der Waals surface area contributed by atoms with E-state index in [-0.39, 0.29) is 29.2 Å². The minimum Gasteiger partial charge on any atom is -0.466 e. The van der Waals surface area contributed by atoms with E-state index in [1.54, 1.807) is 54.4 Å². The molecule has 2 aromatic carbocycles. The van der Waals surface area contributed by atoms with Crippen molar-refractivity contribution in [1.29, 1.82) is 0 Å². The van der Waals surface area contributed by atoms with Crippen LogP contribution in [0.25, 0.3) is 0 Å². The highest BCUT2D eigenvalue weighted by atomic mass is 35.5. The molecule has 0 bridgehead atoms. The van der Waals surface area contributed by atoms with Gasteiger partial charge in [0.15, 0.2) is 5.78 Å². The molecule has 5 rings (SSSR count). The van der Waals surface area contributed by atoms with Crippen LogP contribution >= 0.6 is 23.2 Å². The maximum Gasteiger partial charge on any atom is 0.339 e. The first-order valence-corrected chi connectivity index (χ1v) is 12.2. The standard InChI is InChI=1S/C27H25Cl2N3O4/c1-26(2)12-19-21(20(33)13-26)27(15-7-5-6-8-17(15)31(3)25(27)35)22(24(34)36-4)23(30)32(19)18-11-14(28)9-10-16(18)29/h5-11H,12-13,30H2,1-4H3. The van der Waals surface area contributed by atoms with E-state index >= 15 is 0 Å². The monoisotopic (exact) mass is 525 g/mol. The molecule has 0 fully saturated rings. The normalized spacial score (nSPS) is 22.8. The zero-order valence-corrected chi connectivity index (χ0v) is 21.8. The highest BCUT2D eigenvalue weighted by Gasteiger charge is 2.64. The van der Waals surface area contributed by atoms with Crippen LogP contribution in [0.2, 0.25) is 10.0 Å². The third kappa shape index (κ3) is 3.15. The number of para-hydroxylation sites is 1. The van der Waals surface area contributed by atoms with Crippen LogP contribution in [0, 0.1) is 5.41 Å². The molecule has 1 atom stereocenters. The van der Waals surface area contributed by atoms with Gasteiger partial charge >= 0.3 is 5.97 Å². The second-order valence-corrected chi connectivity index (χ2v) is 10.9. The predicted octanol–water partition coefficient (Wildman–Crippen LogP) is 4.71. The second kappa shape index (κ2) is 8.11. The smallest absolute Gasteiger partial charge is 0.339 e.